The topological polar surface area (TPSA) is 97.1 Å². The molecule has 0 radical (unpaired) electrons. The number of amides is 1. The van der Waals surface area contributed by atoms with E-state index in [4.69, 9.17) is 4.98 Å². The van der Waals surface area contributed by atoms with Crippen LogP contribution in [-0.2, 0) is 13.0 Å². The van der Waals surface area contributed by atoms with Crippen LogP contribution >= 0.6 is 11.3 Å². The molecule has 1 amide bonds. The highest BCUT2D eigenvalue weighted by Gasteiger charge is 2.28. The number of carbonyl (C=O) groups is 1. The van der Waals surface area contributed by atoms with Crippen LogP contribution in [0.2, 0.25) is 0 Å². The number of aromatic nitrogens is 3. The Morgan fingerprint density at radius 2 is 1.97 bits per heavy atom. The van der Waals surface area contributed by atoms with Crippen molar-refractivity contribution in [2.75, 3.05) is 31.5 Å². The normalized spacial score (nSPS) is 16.4. The zero-order chi connectivity index (χ0) is 26.1. The maximum atomic E-state index is 13.1. The van der Waals surface area contributed by atoms with E-state index >= 15 is 0 Å². The highest BCUT2D eigenvalue weighted by molar-refractivity contribution is 7.09. The minimum absolute atomic E-state index is 0.0786. The Balaban J connectivity index is 1.17. The number of aromatic amines is 2. The molecule has 3 aromatic heterocycles. The summed E-state index contributed by atoms with van der Waals surface area (Å²) >= 11 is 1.73. The van der Waals surface area contributed by atoms with E-state index in [1.807, 2.05) is 23.1 Å². The van der Waals surface area contributed by atoms with Crippen molar-refractivity contribution >= 4 is 34.0 Å². The lowest BCUT2D eigenvalue weighted by molar-refractivity contribution is 0.0774. The molecule has 3 N–H and O–H groups in total. The molecule has 0 bridgehead atoms. The summed E-state index contributed by atoms with van der Waals surface area (Å²) < 4.78 is 0. The van der Waals surface area contributed by atoms with E-state index in [1.54, 1.807) is 17.5 Å². The van der Waals surface area contributed by atoms with E-state index in [1.165, 1.54) is 30.8 Å². The largest absolute Gasteiger partial charge is 0.381 e. The number of fused-ring (bicyclic) bond motifs is 2. The van der Waals surface area contributed by atoms with E-state index in [9.17, 15) is 9.59 Å². The Morgan fingerprint density at radius 3 is 2.79 bits per heavy atom. The smallest absolute Gasteiger partial charge is 0.261 e. The number of thiophene rings is 1. The Morgan fingerprint density at radius 1 is 1.13 bits per heavy atom. The molecular formula is C29H34N6O2S. The molecule has 0 unspecified atom stereocenters. The third-order valence-electron chi connectivity index (χ3n) is 7.62. The summed E-state index contributed by atoms with van der Waals surface area (Å²) in [6.07, 6.45) is 7.30. The Kier molecular flexibility index (Phi) is 7.04. The average Bonchev–Trinajstić information content (AvgIpc) is 3.70. The molecule has 2 aliphatic rings. The van der Waals surface area contributed by atoms with E-state index in [0.29, 0.717) is 23.4 Å². The maximum absolute atomic E-state index is 13.1. The highest BCUT2D eigenvalue weighted by Crippen LogP contribution is 2.30. The van der Waals surface area contributed by atoms with Crippen molar-refractivity contribution in [2.45, 2.75) is 51.6 Å². The molecule has 5 heterocycles. The third kappa shape index (κ3) is 5.13. The number of benzene rings is 1. The zero-order valence-electron chi connectivity index (χ0n) is 21.8. The summed E-state index contributed by atoms with van der Waals surface area (Å²) in [5.41, 5.74) is 4.28. The molecular weight excluding hydrogens is 496 g/mol. The second kappa shape index (κ2) is 10.7. The van der Waals surface area contributed by atoms with Gasteiger partial charge in [0.1, 0.15) is 11.4 Å². The molecule has 2 aliphatic heterocycles. The summed E-state index contributed by atoms with van der Waals surface area (Å²) in [4.78, 5) is 42.7. The number of unbranched alkanes of at least 4 members (excludes halogenated alkanes) is 1. The quantitative estimate of drug-likeness (QED) is 0.255. The van der Waals surface area contributed by atoms with Gasteiger partial charge in [-0.25, -0.2) is 4.98 Å². The number of hydrogen-bond acceptors (Lipinski definition) is 6. The third-order valence-corrected chi connectivity index (χ3v) is 8.52. The van der Waals surface area contributed by atoms with Crippen molar-refractivity contribution in [1.82, 2.24) is 24.8 Å². The van der Waals surface area contributed by atoms with Crippen LogP contribution in [0.15, 0.2) is 46.7 Å². The highest BCUT2D eigenvalue weighted by atomic mass is 32.1. The lowest BCUT2D eigenvalue weighted by Gasteiger charge is -2.17. The van der Waals surface area contributed by atoms with Gasteiger partial charge in [0.05, 0.1) is 16.7 Å². The number of rotatable bonds is 10. The summed E-state index contributed by atoms with van der Waals surface area (Å²) in [7, 11) is 0. The van der Waals surface area contributed by atoms with Crippen LogP contribution in [0, 0.1) is 0 Å². The Bertz CT molecular complexity index is 1480. The SMILES string of the molecule is C[C@@H](Cc1cccs1)Nc1cc[nH]c(=O)c1-c1nc2cc3c(cc2[nH]1)CN(CCCCN1CCCC1)C3=O. The van der Waals surface area contributed by atoms with Gasteiger partial charge >= 0.3 is 0 Å². The lowest BCUT2D eigenvalue weighted by atomic mass is 10.1. The minimum atomic E-state index is -0.207. The fraction of sp³-hybridized carbons (Fsp3) is 0.414. The van der Waals surface area contributed by atoms with Crippen LogP contribution in [0.1, 0.15) is 53.4 Å². The summed E-state index contributed by atoms with van der Waals surface area (Å²) in [5, 5.41) is 5.57. The molecule has 1 aromatic carbocycles. The van der Waals surface area contributed by atoms with Gasteiger partial charge in [-0.05, 0) is 87.5 Å². The van der Waals surface area contributed by atoms with Crippen molar-refractivity contribution < 1.29 is 4.79 Å². The van der Waals surface area contributed by atoms with Gasteiger partial charge in [0.2, 0.25) is 0 Å². The van der Waals surface area contributed by atoms with Crippen LogP contribution in [0.4, 0.5) is 5.69 Å². The molecule has 38 heavy (non-hydrogen) atoms. The first-order valence-corrected chi connectivity index (χ1v) is 14.5. The number of nitrogens with zero attached hydrogens (tertiary/aromatic N) is 3. The van der Waals surface area contributed by atoms with Gasteiger partial charge in [0.15, 0.2) is 0 Å². The lowest BCUT2D eigenvalue weighted by Crippen LogP contribution is -2.26. The second-order valence-corrected chi connectivity index (χ2v) is 11.6. The first kappa shape index (κ1) is 24.9. The molecule has 9 heteroatoms. The molecule has 0 aliphatic carbocycles. The number of H-pyrrole nitrogens is 2. The van der Waals surface area contributed by atoms with Crippen LogP contribution in [0.3, 0.4) is 0 Å². The molecule has 1 atom stereocenters. The predicted molar refractivity (Wildman–Crippen MR) is 153 cm³/mol. The Labute approximate surface area is 226 Å². The first-order chi connectivity index (χ1) is 18.5. The predicted octanol–water partition coefficient (Wildman–Crippen LogP) is 4.85. The van der Waals surface area contributed by atoms with Gasteiger partial charge in [-0.2, -0.15) is 0 Å². The standard InChI is InChI=1S/C29H34N6O2S/c1-19(15-21-7-6-14-38-21)31-23-8-9-30-28(36)26(23)27-32-24-16-20-18-35(29(37)22(20)17-25(24)33-27)13-5-4-12-34-10-2-3-11-34/h6-9,14,16-17,19H,2-5,10-13,15,18H2,1H3,(H,32,33)(H2,30,31,36)/t19-/m0/s1. The summed E-state index contributed by atoms with van der Waals surface area (Å²) in [6.45, 7) is 7.09. The van der Waals surface area contributed by atoms with Crippen molar-refractivity contribution in [2.24, 2.45) is 0 Å². The molecule has 8 nitrogen and oxygen atoms in total. The van der Waals surface area contributed by atoms with Crippen LogP contribution in [-0.4, -0.2) is 62.9 Å². The van der Waals surface area contributed by atoms with Gasteiger partial charge < -0.3 is 25.1 Å². The van der Waals surface area contributed by atoms with E-state index < -0.39 is 0 Å². The van der Waals surface area contributed by atoms with Gasteiger partial charge in [-0.3, -0.25) is 9.59 Å². The first-order valence-electron chi connectivity index (χ1n) is 13.6. The Hall–Kier alpha value is -3.43. The van der Waals surface area contributed by atoms with Crippen molar-refractivity contribution in [1.29, 1.82) is 0 Å². The molecule has 0 saturated carbocycles. The monoisotopic (exact) mass is 530 g/mol. The number of likely N-dealkylation sites (tertiary alicyclic amines) is 1. The number of imidazole rings is 1. The van der Waals surface area contributed by atoms with Crippen LogP contribution < -0.4 is 10.9 Å². The molecule has 0 spiro atoms. The van der Waals surface area contributed by atoms with Crippen LogP contribution in [0.5, 0.6) is 0 Å². The number of anilines is 1. The molecule has 4 aromatic rings. The fourth-order valence-electron chi connectivity index (χ4n) is 5.70. The van der Waals surface area contributed by atoms with Gasteiger partial charge in [-0.15, -0.1) is 11.3 Å². The van der Waals surface area contributed by atoms with Crippen molar-refractivity contribution in [3.05, 3.63) is 68.3 Å². The minimum Gasteiger partial charge on any atom is -0.381 e. The van der Waals surface area contributed by atoms with Gasteiger partial charge in [-0.1, -0.05) is 6.07 Å². The van der Waals surface area contributed by atoms with Crippen LogP contribution in [0.25, 0.3) is 22.4 Å². The fourth-order valence-corrected chi connectivity index (χ4v) is 6.54. The van der Waals surface area contributed by atoms with Crippen molar-refractivity contribution in [3.8, 4) is 11.4 Å². The van der Waals surface area contributed by atoms with E-state index in [0.717, 1.165) is 54.7 Å². The number of nitrogens with one attached hydrogen (secondary N) is 3. The molecule has 198 valence electrons. The second-order valence-electron chi connectivity index (χ2n) is 10.5. The molecule has 6 rings (SSSR count). The zero-order valence-corrected chi connectivity index (χ0v) is 22.6. The molecule has 1 saturated heterocycles. The van der Waals surface area contributed by atoms with Crippen molar-refractivity contribution in [3.63, 3.8) is 0 Å². The van der Waals surface area contributed by atoms with Gasteiger partial charge in [0, 0.05) is 42.2 Å². The number of carbonyl (C=O) groups excluding carboxylic acids is 1. The van der Waals surface area contributed by atoms with E-state index in [-0.39, 0.29) is 17.5 Å². The summed E-state index contributed by atoms with van der Waals surface area (Å²) in [5.74, 6) is 0.581. The average molecular weight is 531 g/mol. The number of pyridine rings is 1. The maximum Gasteiger partial charge on any atom is 0.261 e. The van der Waals surface area contributed by atoms with Gasteiger partial charge in [0.25, 0.3) is 11.5 Å². The number of hydrogen-bond donors (Lipinski definition) is 3. The van der Waals surface area contributed by atoms with E-state index in [2.05, 4.69) is 44.6 Å². The summed E-state index contributed by atoms with van der Waals surface area (Å²) in [6, 6.07) is 10.1. The molecule has 1 fully saturated rings.